The van der Waals surface area contributed by atoms with E-state index in [0.29, 0.717) is 19.7 Å². The lowest BCUT2D eigenvalue weighted by molar-refractivity contribution is -0.147. The fourth-order valence-corrected chi connectivity index (χ4v) is 3.09. The van der Waals surface area contributed by atoms with E-state index in [9.17, 15) is 9.59 Å². The molecule has 0 bridgehead atoms. The van der Waals surface area contributed by atoms with Crippen molar-refractivity contribution in [1.29, 1.82) is 0 Å². The summed E-state index contributed by atoms with van der Waals surface area (Å²) in [5.74, 6) is 0.0600. The van der Waals surface area contributed by atoms with Crippen LogP contribution in [0.1, 0.15) is 24.5 Å². The molecule has 0 radical (unpaired) electrons. The van der Waals surface area contributed by atoms with Gasteiger partial charge in [-0.15, -0.1) is 0 Å². The Balaban J connectivity index is 1.44. The maximum Gasteiger partial charge on any atom is 0.331 e. The number of hydrogen-bond donors (Lipinski definition) is 0. The van der Waals surface area contributed by atoms with Crippen LogP contribution in [0, 0.1) is 0 Å². The van der Waals surface area contributed by atoms with Gasteiger partial charge in [0, 0.05) is 19.2 Å². The first-order valence-electron chi connectivity index (χ1n) is 9.75. The summed E-state index contributed by atoms with van der Waals surface area (Å²) in [6, 6.07) is 17.5. The van der Waals surface area contributed by atoms with Gasteiger partial charge in [-0.3, -0.25) is 4.79 Å². The predicted octanol–water partition coefficient (Wildman–Crippen LogP) is 3.96. The molecule has 0 spiro atoms. The van der Waals surface area contributed by atoms with Gasteiger partial charge in [0.05, 0.1) is 6.61 Å². The molecule has 5 nitrogen and oxygen atoms in total. The predicted molar refractivity (Wildman–Crippen MR) is 113 cm³/mol. The first-order chi connectivity index (χ1) is 14.2. The van der Waals surface area contributed by atoms with Crippen molar-refractivity contribution in [3.63, 3.8) is 0 Å². The minimum absolute atomic E-state index is 0.184. The van der Waals surface area contributed by atoms with Gasteiger partial charge in [0.25, 0.3) is 5.91 Å². The van der Waals surface area contributed by atoms with Gasteiger partial charge in [-0.25, -0.2) is 4.79 Å². The quantitative estimate of drug-likeness (QED) is 0.530. The Morgan fingerprint density at radius 2 is 1.83 bits per heavy atom. The number of nitrogens with zero attached hydrogens (tertiary/aromatic N) is 1. The van der Waals surface area contributed by atoms with Crippen LogP contribution in [0.25, 0.3) is 11.6 Å². The molecule has 29 heavy (non-hydrogen) atoms. The third kappa shape index (κ3) is 6.07. The molecule has 0 aliphatic carbocycles. The fourth-order valence-electron chi connectivity index (χ4n) is 3.09. The van der Waals surface area contributed by atoms with Crippen LogP contribution in [0.15, 0.2) is 66.7 Å². The van der Waals surface area contributed by atoms with Gasteiger partial charge in [0.2, 0.25) is 0 Å². The highest BCUT2D eigenvalue weighted by atomic mass is 16.5. The third-order valence-electron chi connectivity index (χ3n) is 4.65. The molecule has 0 aromatic heterocycles. The van der Waals surface area contributed by atoms with Gasteiger partial charge in [-0.05, 0) is 48.3 Å². The molecule has 1 aliphatic rings. The van der Waals surface area contributed by atoms with Crippen LogP contribution in [0.3, 0.4) is 0 Å². The third-order valence-corrected chi connectivity index (χ3v) is 4.65. The SMILES string of the molecule is CCOc1ccc(/C=C/C(=O)OCC(=O)N2CC=C(c3ccccc3)CC2)cc1. The number of hydrogen-bond acceptors (Lipinski definition) is 4. The Labute approximate surface area is 171 Å². The second kappa shape index (κ2) is 10.3. The Kier molecular flexibility index (Phi) is 7.22. The first kappa shape index (κ1) is 20.4. The first-order valence-corrected chi connectivity index (χ1v) is 9.75. The van der Waals surface area contributed by atoms with Crippen molar-refractivity contribution in [1.82, 2.24) is 4.90 Å². The zero-order valence-corrected chi connectivity index (χ0v) is 16.5. The van der Waals surface area contributed by atoms with Crippen LogP contribution < -0.4 is 4.74 Å². The standard InChI is InChI=1S/C24H25NO4/c1-2-28-22-11-8-19(9-12-22)10-13-24(27)29-18-23(26)25-16-14-21(15-17-25)20-6-4-3-5-7-20/h3-14H,2,15-18H2,1H3/b13-10+. The zero-order chi connectivity index (χ0) is 20.5. The largest absolute Gasteiger partial charge is 0.494 e. The van der Waals surface area contributed by atoms with Crippen LogP contribution in [0.2, 0.25) is 0 Å². The van der Waals surface area contributed by atoms with Crippen molar-refractivity contribution in [2.45, 2.75) is 13.3 Å². The molecule has 2 aromatic carbocycles. The Morgan fingerprint density at radius 3 is 2.48 bits per heavy atom. The highest BCUT2D eigenvalue weighted by molar-refractivity contribution is 5.89. The summed E-state index contributed by atoms with van der Waals surface area (Å²) < 4.78 is 10.5. The van der Waals surface area contributed by atoms with Gasteiger partial charge in [0.15, 0.2) is 6.61 Å². The number of esters is 1. The van der Waals surface area contributed by atoms with Crippen LogP contribution in [0.5, 0.6) is 5.75 Å². The summed E-state index contributed by atoms with van der Waals surface area (Å²) in [7, 11) is 0. The van der Waals surface area contributed by atoms with E-state index >= 15 is 0 Å². The monoisotopic (exact) mass is 391 g/mol. The summed E-state index contributed by atoms with van der Waals surface area (Å²) in [5, 5.41) is 0. The molecule has 0 unspecified atom stereocenters. The number of carbonyl (C=O) groups is 2. The van der Waals surface area contributed by atoms with Crippen molar-refractivity contribution < 1.29 is 19.1 Å². The van der Waals surface area contributed by atoms with E-state index in [1.165, 1.54) is 17.2 Å². The van der Waals surface area contributed by atoms with E-state index in [1.807, 2.05) is 49.4 Å². The number of carbonyl (C=O) groups excluding carboxylic acids is 2. The van der Waals surface area contributed by atoms with Crippen molar-refractivity contribution in [3.8, 4) is 5.75 Å². The second-order valence-corrected chi connectivity index (χ2v) is 6.63. The summed E-state index contributed by atoms with van der Waals surface area (Å²) in [5.41, 5.74) is 3.28. The molecular formula is C24H25NO4. The molecule has 0 saturated carbocycles. The van der Waals surface area contributed by atoms with E-state index in [0.717, 1.165) is 17.7 Å². The van der Waals surface area contributed by atoms with Crippen LogP contribution in [-0.4, -0.2) is 43.1 Å². The topological polar surface area (TPSA) is 55.8 Å². The lowest BCUT2D eigenvalue weighted by atomic mass is 10.00. The molecular weight excluding hydrogens is 366 g/mol. The molecule has 0 saturated heterocycles. The number of benzene rings is 2. The second-order valence-electron chi connectivity index (χ2n) is 6.63. The van der Waals surface area contributed by atoms with Crippen molar-refractivity contribution in [2.75, 3.05) is 26.3 Å². The molecule has 1 amide bonds. The van der Waals surface area contributed by atoms with Gasteiger partial charge < -0.3 is 14.4 Å². The maximum atomic E-state index is 12.3. The molecule has 0 N–H and O–H groups in total. The average molecular weight is 391 g/mol. The molecule has 0 atom stereocenters. The van der Waals surface area contributed by atoms with Crippen LogP contribution in [0.4, 0.5) is 0 Å². The maximum absolute atomic E-state index is 12.3. The Morgan fingerprint density at radius 1 is 1.07 bits per heavy atom. The van der Waals surface area contributed by atoms with E-state index in [4.69, 9.17) is 9.47 Å². The van der Waals surface area contributed by atoms with Crippen molar-refractivity contribution >= 4 is 23.5 Å². The lowest BCUT2D eigenvalue weighted by Gasteiger charge is -2.26. The number of rotatable bonds is 7. The minimum Gasteiger partial charge on any atom is -0.494 e. The van der Waals surface area contributed by atoms with Gasteiger partial charge in [-0.2, -0.15) is 0 Å². The summed E-state index contributed by atoms with van der Waals surface area (Å²) in [6.07, 6.45) is 5.83. The molecule has 2 aromatic rings. The van der Waals surface area contributed by atoms with E-state index in [1.54, 1.807) is 11.0 Å². The van der Waals surface area contributed by atoms with E-state index in [-0.39, 0.29) is 12.5 Å². The van der Waals surface area contributed by atoms with Crippen LogP contribution >= 0.6 is 0 Å². The van der Waals surface area contributed by atoms with Crippen molar-refractivity contribution in [2.24, 2.45) is 0 Å². The van der Waals surface area contributed by atoms with E-state index in [2.05, 4.69) is 18.2 Å². The molecule has 1 heterocycles. The molecule has 5 heteroatoms. The summed E-state index contributed by atoms with van der Waals surface area (Å²) in [6.45, 7) is 3.44. The Bertz CT molecular complexity index is 885. The molecule has 3 rings (SSSR count). The highest BCUT2D eigenvalue weighted by Crippen LogP contribution is 2.22. The molecule has 1 aliphatic heterocycles. The fraction of sp³-hybridized carbons (Fsp3) is 0.250. The van der Waals surface area contributed by atoms with Crippen molar-refractivity contribution in [3.05, 3.63) is 77.9 Å². The molecule has 150 valence electrons. The summed E-state index contributed by atoms with van der Waals surface area (Å²) in [4.78, 5) is 25.9. The van der Waals surface area contributed by atoms with Gasteiger partial charge >= 0.3 is 5.97 Å². The van der Waals surface area contributed by atoms with Crippen LogP contribution in [-0.2, 0) is 14.3 Å². The lowest BCUT2D eigenvalue weighted by Crippen LogP contribution is -2.37. The minimum atomic E-state index is -0.537. The average Bonchev–Trinajstić information content (AvgIpc) is 2.78. The zero-order valence-electron chi connectivity index (χ0n) is 16.5. The number of ether oxygens (including phenoxy) is 2. The number of amides is 1. The smallest absolute Gasteiger partial charge is 0.331 e. The molecule has 0 fully saturated rings. The van der Waals surface area contributed by atoms with Gasteiger partial charge in [-0.1, -0.05) is 48.5 Å². The summed E-state index contributed by atoms with van der Waals surface area (Å²) >= 11 is 0. The van der Waals surface area contributed by atoms with E-state index < -0.39 is 5.97 Å². The normalized spacial score (nSPS) is 13.8. The highest BCUT2D eigenvalue weighted by Gasteiger charge is 2.18. The Hall–Kier alpha value is -3.34. The van der Waals surface area contributed by atoms with Gasteiger partial charge in [0.1, 0.15) is 5.75 Å².